The molecule has 106 valence electrons. The first-order valence-electron chi connectivity index (χ1n) is 7.17. The Bertz CT molecular complexity index is 762. The highest BCUT2D eigenvalue weighted by Gasteiger charge is 2.07. The van der Waals surface area contributed by atoms with Crippen LogP contribution in [-0.2, 0) is 6.42 Å². The minimum absolute atomic E-state index is 0.691. The number of hydrogen-bond donors (Lipinski definition) is 1. The third-order valence-electron chi connectivity index (χ3n) is 3.51. The van der Waals surface area contributed by atoms with Gasteiger partial charge in [0.1, 0.15) is 0 Å². The highest BCUT2D eigenvalue weighted by atomic mass is 15.1. The summed E-state index contributed by atoms with van der Waals surface area (Å²) >= 11 is 0. The number of nitrogens with one attached hydrogen (secondary N) is 1. The average molecular weight is 278 g/mol. The van der Waals surface area contributed by atoms with Crippen LogP contribution in [-0.4, -0.2) is 21.5 Å². The normalized spacial score (nSPS) is 10.8. The lowest BCUT2D eigenvalue weighted by atomic mass is 10.0. The highest BCUT2D eigenvalue weighted by Crippen LogP contribution is 2.20. The lowest BCUT2D eigenvalue weighted by Crippen LogP contribution is -2.06. The molecule has 0 radical (unpaired) electrons. The molecule has 0 aliphatic heterocycles. The van der Waals surface area contributed by atoms with Crippen LogP contribution in [0.5, 0.6) is 0 Å². The number of pyridine rings is 1. The Morgan fingerprint density at radius 1 is 1.10 bits per heavy atom. The number of benzene rings is 1. The molecule has 21 heavy (non-hydrogen) atoms. The lowest BCUT2D eigenvalue weighted by Gasteiger charge is -2.09. The van der Waals surface area contributed by atoms with Gasteiger partial charge in [-0.1, -0.05) is 18.2 Å². The largest absolute Gasteiger partial charge is 0.354 e. The van der Waals surface area contributed by atoms with Crippen LogP contribution in [0.25, 0.3) is 10.9 Å². The quantitative estimate of drug-likeness (QED) is 0.795. The summed E-state index contributed by atoms with van der Waals surface area (Å²) in [6.07, 6.45) is 4.53. The predicted octanol–water partition coefficient (Wildman–Crippen LogP) is 3.36. The SMILES string of the molecule is CCNc1ncc(C)c(Cc2ccnc3ccccc23)n1. The van der Waals surface area contributed by atoms with Gasteiger partial charge in [0.15, 0.2) is 0 Å². The van der Waals surface area contributed by atoms with Crippen LogP contribution in [0.1, 0.15) is 23.7 Å². The van der Waals surface area contributed by atoms with Gasteiger partial charge in [0.2, 0.25) is 5.95 Å². The summed E-state index contributed by atoms with van der Waals surface area (Å²) in [5, 5.41) is 4.35. The Kier molecular flexibility index (Phi) is 3.77. The summed E-state index contributed by atoms with van der Waals surface area (Å²) in [5.74, 6) is 0.691. The molecule has 3 rings (SSSR count). The molecule has 0 amide bonds. The number of hydrogen-bond acceptors (Lipinski definition) is 4. The number of fused-ring (bicyclic) bond motifs is 1. The van der Waals surface area contributed by atoms with Crippen LogP contribution in [0.15, 0.2) is 42.7 Å². The standard InChI is InChI=1S/C17H18N4/c1-3-18-17-20-11-12(2)16(21-17)10-13-8-9-19-15-7-5-4-6-14(13)15/h4-9,11H,3,10H2,1-2H3,(H,18,20,21). The fourth-order valence-corrected chi connectivity index (χ4v) is 2.39. The van der Waals surface area contributed by atoms with E-state index in [0.717, 1.165) is 29.7 Å². The molecule has 0 aliphatic carbocycles. The third-order valence-corrected chi connectivity index (χ3v) is 3.51. The van der Waals surface area contributed by atoms with Crippen molar-refractivity contribution < 1.29 is 0 Å². The Morgan fingerprint density at radius 2 is 1.95 bits per heavy atom. The van der Waals surface area contributed by atoms with Crippen LogP contribution in [0, 0.1) is 6.92 Å². The maximum Gasteiger partial charge on any atom is 0.222 e. The summed E-state index contributed by atoms with van der Waals surface area (Å²) in [4.78, 5) is 13.3. The van der Waals surface area contributed by atoms with E-state index < -0.39 is 0 Å². The van der Waals surface area contributed by atoms with E-state index in [1.54, 1.807) is 0 Å². The summed E-state index contributed by atoms with van der Waals surface area (Å²) in [5.41, 5.74) is 4.42. The van der Waals surface area contributed by atoms with Gasteiger partial charge in [-0.2, -0.15) is 0 Å². The third kappa shape index (κ3) is 2.84. The maximum absolute atomic E-state index is 4.62. The van der Waals surface area contributed by atoms with Gasteiger partial charge in [0, 0.05) is 30.7 Å². The van der Waals surface area contributed by atoms with Crippen molar-refractivity contribution in [2.45, 2.75) is 20.3 Å². The molecule has 1 aromatic carbocycles. The summed E-state index contributed by atoms with van der Waals surface area (Å²) in [7, 11) is 0. The molecule has 2 aromatic heterocycles. The molecule has 0 saturated heterocycles. The van der Waals surface area contributed by atoms with Crippen molar-refractivity contribution in [2.75, 3.05) is 11.9 Å². The monoisotopic (exact) mass is 278 g/mol. The van der Waals surface area contributed by atoms with Crippen LogP contribution in [0.2, 0.25) is 0 Å². The molecule has 0 saturated carbocycles. The second-order valence-electron chi connectivity index (χ2n) is 5.02. The molecule has 0 unspecified atom stereocenters. The second-order valence-corrected chi connectivity index (χ2v) is 5.02. The molecule has 4 heteroatoms. The van der Waals surface area contributed by atoms with Crippen molar-refractivity contribution in [1.29, 1.82) is 0 Å². The number of aryl methyl sites for hydroxylation is 1. The van der Waals surface area contributed by atoms with E-state index in [4.69, 9.17) is 0 Å². The topological polar surface area (TPSA) is 50.7 Å². The number of anilines is 1. The summed E-state index contributed by atoms with van der Waals surface area (Å²) in [6.45, 7) is 4.91. The number of aromatic nitrogens is 3. The zero-order valence-corrected chi connectivity index (χ0v) is 12.3. The molecular weight excluding hydrogens is 260 g/mol. The first-order valence-corrected chi connectivity index (χ1v) is 7.17. The van der Waals surface area contributed by atoms with Gasteiger partial charge in [-0.15, -0.1) is 0 Å². The van der Waals surface area contributed by atoms with Crippen molar-refractivity contribution >= 4 is 16.9 Å². The van der Waals surface area contributed by atoms with E-state index in [9.17, 15) is 0 Å². The van der Waals surface area contributed by atoms with Gasteiger partial charge >= 0.3 is 0 Å². The Morgan fingerprint density at radius 3 is 2.81 bits per heavy atom. The van der Waals surface area contributed by atoms with Crippen LogP contribution in [0.4, 0.5) is 5.95 Å². The van der Waals surface area contributed by atoms with Crippen molar-refractivity contribution in [1.82, 2.24) is 15.0 Å². The molecule has 2 heterocycles. The second kappa shape index (κ2) is 5.87. The number of rotatable bonds is 4. The molecule has 3 aromatic rings. The van der Waals surface area contributed by atoms with Crippen molar-refractivity contribution in [3.8, 4) is 0 Å². The Balaban J connectivity index is 2.00. The summed E-state index contributed by atoms with van der Waals surface area (Å²) < 4.78 is 0. The molecule has 4 nitrogen and oxygen atoms in total. The van der Waals surface area contributed by atoms with Crippen LogP contribution in [0.3, 0.4) is 0 Å². The van der Waals surface area contributed by atoms with Crippen molar-refractivity contribution in [3.05, 3.63) is 59.5 Å². The molecule has 0 spiro atoms. The molecule has 0 atom stereocenters. The van der Waals surface area contributed by atoms with E-state index in [-0.39, 0.29) is 0 Å². The average Bonchev–Trinajstić information content (AvgIpc) is 2.51. The van der Waals surface area contributed by atoms with Gasteiger partial charge in [0.25, 0.3) is 0 Å². The number of para-hydroxylation sites is 1. The Labute approximate surface area is 124 Å². The smallest absolute Gasteiger partial charge is 0.222 e. The van der Waals surface area contributed by atoms with E-state index in [2.05, 4.69) is 39.3 Å². The fraction of sp³-hybridized carbons (Fsp3) is 0.235. The molecule has 0 bridgehead atoms. The van der Waals surface area contributed by atoms with Gasteiger partial charge in [0.05, 0.1) is 11.2 Å². The van der Waals surface area contributed by atoms with Gasteiger partial charge in [-0.25, -0.2) is 9.97 Å². The zero-order chi connectivity index (χ0) is 14.7. The van der Waals surface area contributed by atoms with E-state index in [0.29, 0.717) is 5.95 Å². The lowest BCUT2D eigenvalue weighted by molar-refractivity contribution is 0.983. The number of nitrogens with zero attached hydrogens (tertiary/aromatic N) is 3. The van der Waals surface area contributed by atoms with Crippen molar-refractivity contribution in [2.24, 2.45) is 0 Å². The highest BCUT2D eigenvalue weighted by molar-refractivity contribution is 5.82. The van der Waals surface area contributed by atoms with Gasteiger partial charge < -0.3 is 5.32 Å². The molecule has 1 N–H and O–H groups in total. The van der Waals surface area contributed by atoms with E-state index >= 15 is 0 Å². The summed E-state index contributed by atoms with van der Waals surface area (Å²) in [6, 6.07) is 10.3. The Hall–Kier alpha value is -2.49. The van der Waals surface area contributed by atoms with Gasteiger partial charge in [-0.05, 0) is 37.1 Å². The first-order chi connectivity index (χ1) is 10.3. The van der Waals surface area contributed by atoms with E-state index in [1.165, 1.54) is 10.9 Å². The zero-order valence-electron chi connectivity index (χ0n) is 12.3. The van der Waals surface area contributed by atoms with E-state index in [1.807, 2.05) is 37.5 Å². The molecular formula is C17H18N4. The van der Waals surface area contributed by atoms with Crippen LogP contribution < -0.4 is 5.32 Å². The maximum atomic E-state index is 4.62. The van der Waals surface area contributed by atoms with Crippen LogP contribution >= 0.6 is 0 Å². The van der Waals surface area contributed by atoms with Gasteiger partial charge in [-0.3, -0.25) is 4.98 Å². The fourth-order valence-electron chi connectivity index (χ4n) is 2.39. The molecule has 0 aliphatic rings. The predicted molar refractivity (Wildman–Crippen MR) is 85.5 cm³/mol. The minimum atomic E-state index is 0.691. The first kappa shape index (κ1) is 13.5. The van der Waals surface area contributed by atoms with Crippen molar-refractivity contribution in [3.63, 3.8) is 0 Å². The molecule has 0 fully saturated rings. The minimum Gasteiger partial charge on any atom is -0.354 e.